The van der Waals surface area contributed by atoms with Crippen molar-refractivity contribution in [2.75, 3.05) is 0 Å². The first-order valence-electron chi connectivity index (χ1n) is 7.98. The Hall–Kier alpha value is -0.0400. The third-order valence-corrected chi connectivity index (χ3v) is 6.40. The minimum Gasteiger partial charge on any atom is -0.327 e. The minimum atomic E-state index is 0.544. The van der Waals surface area contributed by atoms with E-state index in [-0.39, 0.29) is 0 Å². The van der Waals surface area contributed by atoms with Gasteiger partial charge < -0.3 is 5.73 Å². The van der Waals surface area contributed by atoms with Gasteiger partial charge in [0.05, 0.1) is 0 Å². The number of rotatable bonds is 4. The minimum absolute atomic E-state index is 0.544. The SMILES string of the molecule is NC(CCC12CC3CC(CC(C3)C1)C2)C1CC1. The van der Waals surface area contributed by atoms with Crippen LogP contribution >= 0.6 is 0 Å². The Morgan fingerprint density at radius 2 is 1.47 bits per heavy atom. The topological polar surface area (TPSA) is 26.0 Å². The molecule has 0 spiro atoms. The summed E-state index contributed by atoms with van der Waals surface area (Å²) in [6, 6.07) is 0.544. The molecule has 5 saturated carbocycles. The average molecular weight is 233 g/mol. The molecule has 2 N–H and O–H groups in total. The molecular formula is C16H27N. The molecule has 0 aliphatic heterocycles. The Labute approximate surface area is 106 Å². The van der Waals surface area contributed by atoms with E-state index >= 15 is 0 Å². The third kappa shape index (κ3) is 1.95. The van der Waals surface area contributed by atoms with Crippen LogP contribution in [0, 0.1) is 29.1 Å². The van der Waals surface area contributed by atoms with Crippen LogP contribution in [0.5, 0.6) is 0 Å². The largest absolute Gasteiger partial charge is 0.327 e. The summed E-state index contributed by atoms with van der Waals surface area (Å²) in [7, 11) is 0. The standard InChI is InChI=1S/C16H27N/c17-15(14-1-2-14)3-4-16-8-11-5-12(9-16)7-13(6-11)10-16/h11-15H,1-10,17H2. The molecule has 0 aromatic heterocycles. The zero-order valence-corrected chi connectivity index (χ0v) is 11.0. The monoisotopic (exact) mass is 233 g/mol. The molecule has 0 saturated heterocycles. The van der Waals surface area contributed by atoms with Crippen LogP contribution in [0.1, 0.15) is 64.2 Å². The van der Waals surface area contributed by atoms with Gasteiger partial charge >= 0.3 is 0 Å². The van der Waals surface area contributed by atoms with Crippen molar-refractivity contribution in [2.24, 2.45) is 34.8 Å². The summed E-state index contributed by atoms with van der Waals surface area (Å²) < 4.78 is 0. The van der Waals surface area contributed by atoms with E-state index in [9.17, 15) is 0 Å². The highest BCUT2D eigenvalue weighted by atomic mass is 14.7. The molecule has 5 rings (SSSR count). The fourth-order valence-corrected chi connectivity index (χ4v) is 5.83. The predicted molar refractivity (Wildman–Crippen MR) is 70.5 cm³/mol. The van der Waals surface area contributed by atoms with E-state index in [1.54, 1.807) is 38.5 Å². The molecule has 0 aromatic rings. The van der Waals surface area contributed by atoms with Gasteiger partial charge in [-0.05, 0) is 93.3 Å². The summed E-state index contributed by atoms with van der Waals surface area (Å²) in [6.45, 7) is 0. The van der Waals surface area contributed by atoms with Gasteiger partial charge in [-0.15, -0.1) is 0 Å². The van der Waals surface area contributed by atoms with Crippen LogP contribution in [0.25, 0.3) is 0 Å². The highest BCUT2D eigenvalue weighted by Crippen LogP contribution is 2.61. The van der Waals surface area contributed by atoms with Crippen LogP contribution in [0.3, 0.4) is 0 Å². The molecule has 0 aromatic carbocycles. The van der Waals surface area contributed by atoms with E-state index in [1.165, 1.54) is 25.7 Å². The number of hydrogen-bond acceptors (Lipinski definition) is 1. The average Bonchev–Trinajstić information content (AvgIpc) is 3.07. The van der Waals surface area contributed by atoms with Crippen molar-refractivity contribution in [3.63, 3.8) is 0 Å². The Morgan fingerprint density at radius 3 is 1.94 bits per heavy atom. The molecule has 5 aliphatic carbocycles. The van der Waals surface area contributed by atoms with Crippen LogP contribution in [-0.2, 0) is 0 Å². The highest BCUT2D eigenvalue weighted by molar-refractivity contribution is 5.01. The van der Waals surface area contributed by atoms with Crippen LogP contribution < -0.4 is 5.73 Å². The first kappa shape index (κ1) is 10.8. The van der Waals surface area contributed by atoms with Gasteiger partial charge in [-0.1, -0.05) is 0 Å². The summed E-state index contributed by atoms with van der Waals surface area (Å²) in [5.41, 5.74) is 7.07. The summed E-state index contributed by atoms with van der Waals surface area (Å²) in [4.78, 5) is 0. The maximum atomic E-state index is 6.31. The van der Waals surface area contributed by atoms with Crippen LogP contribution in [0.4, 0.5) is 0 Å². The lowest BCUT2D eigenvalue weighted by Gasteiger charge is -2.57. The van der Waals surface area contributed by atoms with Crippen molar-refractivity contribution in [2.45, 2.75) is 70.3 Å². The summed E-state index contributed by atoms with van der Waals surface area (Å²) in [5, 5.41) is 0. The Kier molecular flexibility index (Phi) is 2.38. The van der Waals surface area contributed by atoms with Crippen molar-refractivity contribution < 1.29 is 0 Å². The van der Waals surface area contributed by atoms with Gasteiger partial charge in [-0.25, -0.2) is 0 Å². The summed E-state index contributed by atoms with van der Waals surface area (Å²) in [5.74, 6) is 4.24. The van der Waals surface area contributed by atoms with E-state index < -0.39 is 0 Å². The van der Waals surface area contributed by atoms with Crippen molar-refractivity contribution in [3.05, 3.63) is 0 Å². The molecule has 5 fully saturated rings. The highest BCUT2D eigenvalue weighted by Gasteiger charge is 2.50. The maximum absolute atomic E-state index is 6.31. The second-order valence-corrected chi connectivity index (χ2v) is 7.96. The van der Waals surface area contributed by atoms with Crippen molar-refractivity contribution >= 4 is 0 Å². The molecule has 96 valence electrons. The molecule has 1 unspecified atom stereocenters. The molecule has 1 heteroatoms. The number of nitrogens with two attached hydrogens (primary N) is 1. The van der Waals surface area contributed by atoms with E-state index in [0.717, 1.165) is 29.1 Å². The van der Waals surface area contributed by atoms with Crippen LogP contribution in [-0.4, -0.2) is 6.04 Å². The maximum Gasteiger partial charge on any atom is 0.00673 e. The molecule has 0 radical (unpaired) electrons. The predicted octanol–water partition coefficient (Wildman–Crippen LogP) is 3.72. The molecule has 1 nitrogen and oxygen atoms in total. The molecule has 17 heavy (non-hydrogen) atoms. The normalized spacial score (nSPS) is 49.6. The lowest BCUT2D eigenvalue weighted by Crippen LogP contribution is -2.46. The lowest BCUT2D eigenvalue weighted by atomic mass is 9.48. The van der Waals surface area contributed by atoms with Gasteiger partial charge in [0.15, 0.2) is 0 Å². The van der Waals surface area contributed by atoms with Gasteiger partial charge in [-0.2, -0.15) is 0 Å². The van der Waals surface area contributed by atoms with Gasteiger partial charge in [0.25, 0.3) is 0 Å². The second kappa shape index (κ2) is 3.73. The van der Waals surface area contributed by atoms with Crippen LogP contribution in [0.15, 0.2) is 0 Å². The Bertz CT molecular complexity index is 269. The third-order valence-electron chi connectivity index (χ3n) is 6.40. The molecule has 0 heterocycles. The Balaban J connectivity index is 1.42. The molecule has 4 bridgehead atoms. The quantitative estimate of drug-likeness (QED) is 0.787. The molecule has 1 atom stereocenters. The first-order valence-corrected chi connectivity index (χ1v) is 7.98. The van der Waals surface area contributed by atoms with Crippen molar-refractivity contribution in [1.82, 2.24) is 0 Å². The lowest BCUT2D eigenvalue weighted by molar-refractivity contribution is -0.0590. The second-order valence-electron chi connectivity index (χ2n) is 7.96. The van der Waals surface area contributed by atoms with E-state index in [1.807, 2.05) is 0 Å². The Morgan fingerprint density at radius 1 is 0.941 bits per heavy atom. The van der Waals surface area contributed by atoms with E-state index in [0.29, 0.717) is 6.04 Å². The van der Waals surface area contributed by atoms with Gasteiger partial charge in [-0.3, -0.25) is 0 Å². The fraction of sp³-hybridized carbons (Fsp3) is 1.00. The van der Waals surface area contributed by atoms with Crippen molar-refractivity contribution in [3.8, 4) is 0 Å². The van der Waals surface area contributed by atoms with Gasteiger partial charge in [0.2, 0.25) is 0 Å². The van der Waals surface area contributed by atoms with Crippen molar-refractivity contribution in [1.29, 1.82) is 0 Å². The number of hydrogen-bond donors (Lipinski definition) is 1. The van der Waals surface area contributed by atoms with E-state index in [4.69, 9.17) is 5.73 Å². The van der Waals surface area contributed by atoms with Crippen LogP contribution in [0.2, 0.25) is 0 Å². The van der Waals surface area contributed by atoms with Gasteiger partial charge in [0, 0.05) is 6.04 Å². The first-order chi connectivity index (χ1) is 8.22. The molecular weight excluding hydrogens is 206 g/mol. The summed E-state index contributed by atoms with van der Waals surface area (Å²) >= 11 is 0. The zero-order valence-electron chi connectivity index (χ0n) is 11.0. The van der Waals surface area contributed by atoms with E-state index in [2.05, 4.69) is 0 Å². The molecule has 5 aliphatic rings. The summed E-state index contributed by atoms with van der Waals surface area (Å²) in [6.07, 6.45) is 15.1. The molecule has 0 amide bonds. The smallest absolute Gasteiger partial charge is 0.00673 e. The zero-order chi connectivity index (χ0) is 11.5. The van der Waals surface area contributed by atoms with Gasteiger partial charge in [0.1, 0.15) is 0 Å². The fourth-order valence-electron chi connectivity index (χ4n) is 5.83.